The number of para-hydroxylation sites is 2. The molecule has 0 aliphatic rings. The predicted octanol–water partition coefficient (Wildman–Crippen LogP) is 4.61. The van der Waals surface area contributed by atoms with E-state index in [0.717, 1.165) is 28.0 Å². The van der Waals surface area contributed by atoms with E-state index in [1.807, 2.05) is 71.3 Å². The molecule has 6 nitrogen and oxygen atoms in total. The third kappa shape index (κ3) is 4.12. The van der Waals surface area contributed by atoms with E-state index in [-0.39, 0.29) is 5.91 Å². The Morgan fingerprint density at radius 1 is 0.967 bits per heavy atom. The van der Waals surface area contributed by atoms with Crippen LogP contribution >= 0.6 is 0 Å². The zero-order valence-corrected chi connectivity index (χ0v) is 17.0. The number of amides is 1. The van der Waals surface area contributed by atoms with Gasteiger partial charge in [-0.25, -0.2) is 4.98 Å². The van der Waals surface area contributed by atoms with Crippen molar-refractivity contribution in [2.45, 2.75) is 12.8 Å². The van der Waals surface area contributed by atoms with Gasteiger partial charge in [-0.05, 0) is 60.5 Å². The third-order valence-corrected chi connectivity index (χ3v) is 4.97. The molecule has 4 aromatic rings. The fraction of sp³-hybridized carbons (Fsp3) is 0.167. The number of carbonyl (C=O) groups excluding carboxylic acids is 1. The summed E-state index contributed by atoms with van der Waals surface area (Å²) in [5.41, 5.74) is 4.77. The molecule has 1 amide bonds. The smallest absolute Gasteiger partial charge is 0.224 e. The highest BCUT2D eigenvalue weighted by Gasteiger charge is 2.08. The summed E-state index contributed by atoms with van der Waals surface area (Å²) in [6.45, 7) is 0. The summed E-state index contributed by atoms with van der Waals surface area (Å²) in [6.07, 6.45) is 2.80. The lowest BCUT2D eigenvalue weighted by Gasteiger charge is -2.10. The summed E-state index contributed by atoms with van der Waals surface area (Å²) in [7, 11) is 3.20. The Bertz CT molecular complexity index is 1170. The second kappa shape index (κ2) is 8.69. The molecule has 0 unspecified atom stereocenters. The van der Waals surface area contributed by atoms with Gasteiger partial charge in [0.1, 0.15) is 6.33 Å². The number of nitrogens with one attached hydrogen (secondary N) is 1. The fourth-order valence-electron chi connectivity index (χ4n) is 3.39. The maximum atomic E-state index is 12.4. The second-order valence-electron chi connectivity index (χ2n) is 6.89. The van der Waals surface area contributed by atoms with Gasteiger partial charge in [0.15, 0.2) is 11.5 Å². The first-order chi connectivity index (χ1) is 14.7. The first-order valence-corrected chi connectivity index (χ1v) is 9.71. The van der Waals surface area contributed by atoms with E-state index in [0.29, 0.717) is 24.3 Å². The number of ether oxygens (including phenoxy) is 2. The van der Waals surface area contributed by atoms with Gasteiger partial charge in [0.05, 0.1) is 25.3 Å². The summed E-state index contributed by atoms with van der Waals surface area (Å²) in [6, 6.07) is 21.4. The minimum Gasteiger partial charge on any atom is -0.493 e. The molecule has 30 heavy (non-hydrogen) atoms. The van der Waals surface area contributed by atoms with Gasteiger partial charge in [-0.1, -0.05) is 18.2 Å². The number of nitrogens with zero attached hydrogens (tertiary/aromatic N) is 2. The van der Waals surface area contributed by atoms with Gasteiger partial charge in [-0.15, -0.1) is 0 Å². The van der Waals surface area contributed by atoms with Gasteiger partial charge in [0, 0.05) is 17.8 Å². The van der Waals surface area contributed by atoms with E-state index in [1.165, 1.54) is 0 Å². The van der Waals surface area contributed by atoms with Gasteiger partial charge in [0.2, 0.25) is 5.91 Å². The van der Waals surface area contributed by atoms with Gasteiger partial charge in [-0.3, -0.25) is 9.36 Å². The monoisotopic (exact) mass is 401 g/mol. The fourth-order valence-corrected chi connectivity index (χ4v) is 3.39. The van der Waals surface area contributed by atoms with E-state index in [9.17, 15) is 4.79 Å². The van der Waals surface area contributed by atoms with Crippen LogP contribution in [0.5, 0.6) is 11.5 Å². The molecule has 4 rings (SSSR count). The molecule has 0 spiro atoms. The molecule has 1 aromatic heterocycles. The van der Waals surface area contributed by atoms with Crippen molar-refractivity contribution < 1.29 is 14.3 Å². The van der Waals surface area contributed by atoms with Crippen LogP contribution in [0.2, 0.25) is 0 Å². The molecule has 1 heterocycles. The molecular weight excluding hydrogens is 378 g/mol. The van der Waals surface area contributed by atoms with Crippen LogP contribution in [0.15, 0.2) is 73.1 Å². The molecule has 0 aliphatic heterocycles. The van der Waals surface area contributed by atoms with Crippen LogP contribution in [0.1, 0.15) is 12.0 Å². The van der Waals surface area contributed by atoms with Crippen molar-refractivity contribution in [2.75, 3.05) is 19.5 Å². The Balaban J connectivity index is 1.38. The van der Waals surface area contributed by atoms with Crippen LogP contribution in [0.25, 0.3) is 16.7 Å². The van der Waals surface area contributed by atoms with Crippen LogP contribution in [0, 0.1) is 0 Å². The van der Waals surface area contributed by atoms with Crippen molar-refractivity contribution in [1.82, 2.24) is 9.55 Å². The van der Waals surface area contributed by atoms with Crippen LogP contribution in [0.3, 0.4) is 0 Å². The average Bonchev–Trinajstić information content (AvgIpc) is 3.22. The standard InChI is InChI=1S/C24H23N3O3/c1-29-22-13-7-17(15-23(22)30-2)8-14-24(28)26-18-9-11-19(12-10-18)27-16-25-20-5-3-4-6-21(20)27/h3-7,9-13,15-16H,8,14H2,1-2H3,(H,26,28). The molecule has 152 valence electrons. The van der Waals surface area contributed by atoms with Crippen molar-refractivity contribution in [3.05, 3.63) is 78.6 Å². The van der Waals surface area contributed by atoms with Crippen molar-refractivity contribution in [3.8, 4) is 17.2 Å². The zero-order chi connectivity index (χ0) is 20.9. The Labute approximate surface area is 175 Å². The minimum atomic E-state index is -0.0365. The lowest BCUT2D eigenvalue weighted by atomic mass is 10.1. The number of anilines is 1. The normalized spacial score (nSPS) is 10.7. The molecule has 0 fully saturated rings. The largest absolute Gasteiger partial charge is 0.493 e. The highest BCUT2D eigenvalue weighted by molar-refractivity contribution is 5.91. The highest BCUT2D eigenvalue weighted by atomic mass is 16.5. The van der Waals surface area contributed by atoms with Crippen molar-refractivity contribution in [2.24, 2.45) is 0 Å². The number of fused-ring (bicyclic) bond motifs is 1. The van der Waals surface area contributed by atoms with Gasteiger partial charge >= 0.3 is 0 Å². The topological polar surface area (TPSA) is 65.4 Å². The first-order valence-electron chi connectivity index (χ1n) is 9.71. The van der Waals surface area contributed by atoms with Crippen molar-refractivity contribution in [3.63, 3.8) is 0 Å². The molecule has 0 saturated carbocycles. The average molecular weight is 401 g/mol. The minimum absolute atomic E-state index is 0.0365. The summed E-state index contributed by atoms with van der Waals surface area (Å²) < 4.78 is 12.6. The van der Waals surface area contributed by atoms with E-state index >= 15 is 0 Å². The maximum absolute atomic E-state index is 12.4. The number of aryl methyl sites for hydroxylation is 1. The van der Waals surface area contributed by atoms with Crippen molar-refractivity contribution >= 4 is 22.6 Å². The van der Waals surface area contributed by atoms with Crippen molar-refractivity contribution in [1.29, 1.82) is 0 Å². The highest BCUT2D eigenvalue weighted by Crippen LogP contribution is 2.28. The number of imidazole rings is 1. The molecule has 0 bridgehead atoms. The number of methoxy groups -OCH3 is 2. The van der Waals surface area contributed by atoms with Gasteiger partial charge in [0.25, 0.3) is 0 Å². The van der Waals surface area contributed by atoms with E-state index in [1.54, 1.807) is 20.5 Å². The number of benzene rings is 3. The predicted molar refractivity (Wildman–Crippen MR) is 118 cm³/mol. The van der Waals surface area contributed by atoms with Crippen LogP contribution in [-0.4, -0.2) is 29.7 Å². The third-order valence-electron chi connectivity index (χ3n) is 4.97. The molecule has 6 heteroatoms. The summed E-state index contributed by atoms with van der Waals surface area (Å²) in [4.78, 5) is 16.8. The Hall–Kier alpha value is -3.80. The maximum Gasteiger partial charge on any atom is 0.224 e. The number of aromatic nitrogens is 2. The molecule has 0 atom stereocenters. The quantitative estimate of drug-likeness (QED) is 0.491. The molecule has 0 radical (unpaired) electrons. The summed E-state index contributed by atoms with van der Waals surface area (Å²) >= 11 is 0. The molecule has 3 aromatic carbocycles. The van der Waals surface area contributed by atoms with E-state index < -0.39 is 0 Å². The molecular formula is C24H23N3O3. The number of rotatable bonds is 7. The Morgan fingerprint density at radius 3 is 2.50 bits per heavy atom. The number of hydrogen-bond donors (Lipinski definition) is 1. The number of carbonyl (C=O) groups is 1. The molecule has 1 N–H and O–H groups in total. The van der Waals surface area contributed by atoms with Gasteiger partial charge < -0.3 is 14.8 Å². The SMILES string of the molecule is COc1ccc(CCC(=O)Nc2ccc(-n3cnc4ccccc43)cc2)cc1OC. The van der Waals surface area contributed by atoms with E-state index in [2.05, 4.69) is 10.3 Å². The molecule has 0 saturated heterocycles. The van der Waals surface area contributed by atoms with E-state index in [4.69, 9.17) is 9.47 Å². The van der Waals surface area contributed by atoms with Gasteiger partial charge in [-0.2, -0.15) is 0 Å². The van der Waals surface area contributed by atoms with Crippen LogP contribution in [-0.2, 0) is 11.2 Å². The first kappa shape index (κ1) is 19.5. The van der Waals surface area contributed by atoms with Crippen LogP contribution < -0.4 is 14.8 Å². The Kier molecular flexibility index (Phi) is 5.66. The molecule has 0 aliphatic carbocycles. The number of hydrogen-bond acceptors (Lipinski definition) is 4. The van der Waals surface area contributed by atoms with Crippen LogP contribution in [0.4, 0.5) is 5.69 Å². The Morgan fingerprint density at radius 2 is 1.73 bits per heavy atom. The zero-order valence-electron chi connectivity index (χ0n) is 17.0. The second-order valence-corrected chi connectivity index (χ2v) is 6.89. The lowest BCUT2D eigenvalue weighted by molar-refractivity contribution is -0.116. The summed E-state index contributed by atoms with van der Waals surface area (Å²) in [5.74, 6) is 1.31. The lowest BCUT2D eigenvalue weighted by Crippen LogP contribution is -2.12. The summed E-state index contributed by atoms with van der Waals surface area (Å²) in [5, 5.41) is 2.95.